The Morgan fingerprint density at radius 2 is 1.92 bits per heavy atom. The number of nitrogens with zero attached hydrogens (tertiary/aromatic N) is 4. The van der Waals surface area contributed by atoms with Crippen molar-refractivity contribution >= 4 is 17.0 Å². The largest absolute Gasteiger partial charge is 0.380 e. The molecule has 0 amide bonds. The van der Waals surface area contributed by atoms with Gasteiger partial charge in [0, 0.05) is 68.3 Å². The molecule has 1 aromatic carbocycles. The van der Waals surface area contributed by atoms with Gasteiger partial charge in [-0.1, -0.05) is 24.3 Å². The Morgan fingerprint density at radius 1 is 1.12 bits per heavy atom. The number of aliphatic hydroxyl groups is 1. The standard InChI is InChI=1S/C20H24N4OS/c1-22-9-8-21-20(22)19(25)17-6-2-3-7-18(17)24-12-10-23(11-13-24)15-16-5-4-14-26-16/h2-9,14,19,25H,10-13,15H2,1H3. The SMILES string of the molecule is Cn1ccnc1C(O)c1ccccc1N1CCN(Cc2cccs2)CC1. The van der Waals surface area contributed by atoms with E-state index < -0.39 is 6.10 Å². The highest BCUT2D eigenvalue weighted by molar-refractivity contribution is 7.09. The molecule has 4 rings (SSSR count). The average Bonchev–Trinajstić information content (AvgIpc) is 3.33. The Kier molecular flexibility index (Phi) is 5.06. The summed E-state index contributed by atoms with van der Waals surface area (Å²) >= 11 is 1.82. The van der Waals surface area contributed by atoms with Crippen LogP contribution in [0, 0.1) is 0 Å². The third-order valence-electron chi connectivity index (χ3n) is 5.01. The van der Waals surface area contributed by atoms with Crippen molar-refractivity contribution in [3.05, 3.63) is 70.4 Å². The van der Waals surface area contributed by atoms with Crippen LogP contribution in [0.4, 0.5) is 5.69 Å². The first-order valence-electron chi connectivity index (χ1n) is 8.96. The van der Waals surface area contributed by atoms with Gasteiger partial charge in [-0.15, -0.1) is 11.3 Å². The van der Waals surface area contributed by atoms with Crippen molar-refractivity contribution in [2.24, 2.45) is 7.05 Å². The minimum atomic E-state index is -0.713. The predicted octanol–water partition coefficient (Wildman–Crippen LogP) is 2.89. The molecular formula is C20H24N4OS. The van der Waals surface area contributed by atoms with E-state index in [1.54, 1.807) is 6.20 Å². The summed E-state index contributed by atoms with van der Waals surface area (Å²) in [7, 11) is 1.91. The molecule has 0 aliphatic carbocycles. The molecule has 1 saturated heterocycles. The summed E-state index contributed by atoms with van der Waals surface area (Å²) in [5, 5.41) is 13.0. The molecule has 6 heteroatoms. The molecule has 3 aromatic rings. The van der Waals surface area contributed by atoms with Crippen LogP contribution in [-0.2, 0) is 13.6 Å². The van der Waals surface area contributed by atoms with Gasteiger partial charge >= 0.3 is 0 Å². The van der Waals surface area contributed by atoms with Crippen LogP contribution in [0.3, 0.4) is 0 Å². The third kappa shape index (κ3) is 3.53. The summed E-state index contributed by atoms with van der Waals surface area (Å²) in [4.78, 5) is 10.6. The molecule has 1 fully saturated rings. The van der Waals surface area contributed by atoms with Crippen molar-refractivity contribution in [2.75, 3.05) is 31.1 Å². The van der Waals surface area contributed by atoms with Crippen molar-refractivity contribution in [3.63, 3.8) is 0 Å². The zero-order chi connectivity index (χ0) is 17.9. The summed E-state index contributed by atoms with van der Waals surface area (Å²) in [6.07, 6.45) is 2.88. The predicted molar refractivity (Wildman–Crippen MR) is 106 cm³/mol. The summed E-state index contributed by atoms with van der Waals surface area (Å²) in [6.45, 7) is 5.03. The number of rotatable bonds is 5. The topological polar surface area (TPSA) is 44.5 Å². The molecule has 26 heavy (non-hydrogen) atoms. The van der Waals surface area contributed by atoms with E-state index in [1.165, 1.54) is 4.88 Å². The number of hydrogen-bond donors (Lipinski definition) is 1. The van der Waals surface area contributed by atoms with E-state index in [9.17, 15) is 5.11 Å². The molecule has 0 spiro atoms. The van der Waals surface area contributed by atoms with Crippen molar-refractivity contribution < 1.29 is 5.11 Å². The second-order valence-corrected chi connectivity index (χ2v) is 7.73. The van der Waals surface area contributed by atoms with Gasteiger partial charge in [0.2, 0.25) is 0 Å². The van der Waals surface area contributed by atoms with Crippen molar-refractivity contribution in [2.45, 2.75) is 12.6 Å². The molecule has 1 aliphatic heterocycles. The summed E-state index contributed by atoms with van der Waals surface area (Å²) in [5.41, 5.74) is 2.03. The van der Waals surface area contributed by atoms with E-state index in [4.69, 9.17) is 0 Å². The summed E-state index contributed by atoms with van der Waals surface area (Å²) < 4.78 is 1.88. The fraction of sp³-hybridized carbons (Fsp3) is 0.350. The number of aromatic nitrogens is 2. The van der Waals surface area contributed by atoms with Gasteiger partial charge < -0.3 is 14.6 Å². The van der Waals surface area contributed by atoms with Crippen LogP contribution in [-0.4, -0.2) is 45.7 Å². The fourth-order valence-corrected chi connectivity index (χ4v) is 4.30. The Balaban J connectivity index is 1.48. The van der Waals surface area contributed by atoms with Crippen LogP contribution in [0.5, 0.6) is 0 Å². The lowest BCUT2D eigenvalue weighted by Gasteiger charge is -2.37. The van der Waals surface area contributed by atoms with Gasteiger partial charge in [-0.2, -0.15) is 0 Å². The second-order valence-electron chi connectivity index (χ2n) is 6.70. The number of anilines is 1. The van der Waals surface area contributed by atoms with Gasteiger partial charge in [-0.3, -0.25) is 4.90 Å². The molecule has 0 radical (unpaired) electrons. The van der Waals surface area contributed by atoms with Gasteiger partial charge in [-0.25, -0.2) is 4.98 Å². The van der Waals surface area contributed by atoms with Gasteiger partial charge in [0.15, 0.2) is 0 Å². The maximum Gasteiger partial charge on any atom is 0.142 e. The van der Waals surface area contributed by atoms with Crippen LogP contribution in [0.25, 0.3) is 0 Å². The number of aliphatic hydroxyl groups excluding tert-OH is 1. The third-order valence-corrected chi connectivity index (χ3v) is 5.87. The van der Waals surface area contributed by atoms with Crippen LogP contribution in [0.2, 0.25) is 0 Å². The molecule has 1 aliphatic rings. The maximum absolute atomic E-state index is 10.9. The number of imidazole rings is 1. The quantitative estimate of drug-likeness (QED) is 0.752. The zero-order valence-corrected chi connectivity index (χ0v) is 15.8. The zero-order valence-electron chi connectivity index (χ0n) is 15.0. The summed E-state index contributed by atoms with van der Waals surface area (Å²) in [5.74, 6) is 0.675. The molecule has 1 N–H and O–H groups in total. The average molecular weight is 369 g/mol. The molecule has 0 saturated carbocycles. The minimum Gasteiger partial charge on any atom is -0.380 e. The first-order chi connectivity index (χ1) is 12.7. The lowest BCUT2D eigenvalue weighted by atomic mass is 10.0. The van der Waals surface area contributed by atoms with Crippen LogP contribution < -0.4 is 4.90 Å². The van der Waals surface area contributed by atoms with E-state index in [0.29, 0.717) is 5.82 Å². The molecular weight excluding hydrogens is 344 g/mol. The maximum atomic E-state index is 10.9. The number of para-hydroxylation sites is 1. The monoisotopic (exact) mass is 368 g/mol. The second kappa shape index (κ2) is 7.61. The lowest BCUT2D eigenvalue weighted by Crippen LogP contribution is -2.46. The number of aryl methyl sites for hydroxylation is 1. The number of piperazine rings is 1. The molecule has 3 heterocycles. The molecule has 1 unspecified atom stereocenters. The van der Waals surface area contributed by atoms with Gasteiger partial charge in [0.05, 0.1) is 0 Å². The first kappa shape index (κ1) is 17.3. The molecule has 1 atom stereocenters. The molecule has 5 nitrogen and oxygen atoms in total. The van der Waals surface area contributed by atoms with E-state index >= 15 is 0 Å². The van der Waals surface area contributed by atoms with Crippen LogP contribution >= 0.6 is 11.3 Å². The number of hydrogen-bond acceptors (Lipinski definition) is 5. The van der Waals surface area contributed by atoms with Gasteiger partial charge in [0.25, 0.3) is 0 Å². The first-order valence-corrected chi connectivity index (χ1v) is 9.84. The molecule has 2 aromatic heterocycles. The summed E-state index contributed by atoms with van der Waals surface area (Å²) in [6, 6.07) is 12.5. The highest BCUT2D eigenvalue weighted by atomic mass is 32.1. The van der Waals surface area contributed by atoms with Gasteiger partial charge in [0.1, 0.15) is 11.9 Å². The minimum absolute atomic E-state index is 0.675. The van der Waals surface area contributed by atoms with E-state index in [1.807, 2.05) is 47.3 Å². The number of benzene rings is 1. The van der Waals surface area contributed by atoms with E-state index in [0.717, 1.165) is 44.0 Å². The smallest absolute Gasteiger partial charge is 0.142 e. The van der Waals surface area contributed by atoms with Crippen molar-refractivity contribution in [3.8, 4) is 0 Å². The Morgan fingerprint density at radius 3 is 2.62 bits per heavy atom. The highest BCUT2D eigenvalue weighted by Crippen LogP contribution is 2.30. The van der Waals surface area contributed by atoms with Gasteiger partial charge in [-0.05, 0) is 17.5 Å². The Hall–Kier alpha value is -2.15. The van der Waals surface area contributed by atoms with Crippen LogP contribution in [0.15, 0.2) is 54.2 Å². The van der Waals surface area contributed by atoms with Crippen molar-refractivity contribution in [1.29, 1.82) is 0 Å². The Labute approximate surface area is 158 Å². The van der Waals surface area contributed by atoms with Crippen molar-refractivity contribution in [1.82, 2.24) is 14.5 Å². The molecule has 0 bridgehead atoms. The fourth-order valence-electron chi connectivity index (χ4n) is 3.56. The lowest BCUT2D eigenvalue weighted by molar-refractivity contribution is 0.205. The Bertz CT molecular complexity index is 837. The van der Waals surface area contributed by atoms with E-state index in [-0.39, 0.29) is 0 Å². The number of thiophene rings is 1. The van der Waals surface area contributed by atoms with Crippen LogP contribution in [0.1, 0.15) is 22.4 Å². The highest BCUT2D eigenvalue weighted by Gasteiger charge is 2.24. The van der Waals surface area contributed by atoms with E-state index in [2.05, 4.69) is 38.4 Å². The molecule has 136 valence electrons. The normalized spacial score (nSPS) is 16.8.